The summed E-state index contributed by atoms with van der Waals surface area (Å²) < 4.78 is 7.84. The Morgan fingerprint density at radius 3 is 2.89 bits per heavy atom. The maximum atomic E-state index is 12.0. The Morgan fingerprint density at radius 1 is 1.56 bits per heavy atom. The summed E-state index contributed by atoms with van der Waals surface area (Å²) >= 11 is 3.35. The van der Waals surface area contributed by atoms with Gasteiger partial charge in [0.15, 0.2) is 11.6 Å². The van der Waals surface area contributed by atoms with Crippen molar-refractivity contribution in [2.75, 3.05) is 13.1 Å². The zero-order chi connectivity index (χ0) is 12.7. The molecule has 1 saturated heterocycles. The molecular weight excluding hydrogens is 300 g/mol. The molecule has 1 aliphatic rings. The first-order chi connectivity index (χ1) is 8.63. The first-order valence-electron chi connectivity index (χ1n) is 5.54. The highest BCUT2D eigenvalue weighted by Gasteiger charge is 2.34. The molecule has 0 aromatic carbocycles. The van der Waals surface area contributed by atoms with Gasteiger partial charge >= 0.3 is 0 Å². The molecule has 0 bridgehead atoms. The van der Waals surface area contributed by atoms with Crippen LogP contribution < -0.4 is 0 Å². The molecule has 2 aromatic heterocycles. The number of oxazole rings is 1. The van der Waals surface area contributed by atoms with E-state index in [-0.39, 0.29) is 11.9 Å². The van der Waals surface area contributed by atoms with Crippen LogP contribution in [0.15, 0.2) is 27.5 Å². The van der Waals surface area contributed by atoms with E-state index in [1.165, 1.54) is 6.26 Å². The van der Waals surface area contributed by atoms with Gasteiger partial charge in [0.2, 0.25) is 0 Å². The fraction of sp³-hybridized carbons (Fsp3) is 0.364. The van der Waals surface area contributed by atoms with Crippen molar-refractivity contribution in [1.29, 1.82) is 0 Å². The number of rotatable bonds is 2. The summed E-state index contributed by atoms with van der Waals surface area (Å²) in [5, 5.41) is 4.21. The number of amides is 1. The highest BCUT2D eigenvalue weighted by Crippen LogP contribution is 2.23. The van der Waals surface area contributed by atoms with E-state index in [0.717, 1.165) is 4.47 Å². The largest absolute Gasteiger partial charge is 0.448 e. The molecule has 1 amide bonds. The van der Waals surface area contributed by atoms with Crippen LogP contribution in [0.3, 0.4) is 0 Å². The second kappa shape index (κ2) is 4.24. The van der Waals surface area contributed by atoms with Crippen LogP contribution in [-0.2, 0) is 0 Å². The van der Waals surface area contributed by atoms with Crippen molar-refractivity contribution in [3.05, 3.63) is 34.7 Å². The Balaban J connectivity index is 1.64. The molecule has 0 atom stereocenters. The minimum Gasteiger partial charge on any atom is -0.448 e. The Labute approximate surface area is 112 Å². The molecule has 0 spiro atoms. The summed E-state index contributed by atoms with van der Waals surface area (Å²) in [5.74, 6) is 0.417. The minimum atomic E-state index is -0.0886. The van der Waals surface area contributed by atoms with E-state index in [4.69, 9.17) is 4.42 Å². The normalized spacial score (nSPS) is 15.8. The molecule has 2 aromatic rings. The lowest BCUT2D eigenvalue weighted by molar-refractivity contribution is 0.0495. The van der Waals surface area contributed by atoms with Crippen molar-refractivity contribution in [3.63, 3.8) is 0 Å². The quantitative estimate of drug-likeness (QED) is 0.846. The molecule has 18 heavy (non-hydrogen) atoms. The van der Waals surface area contributed by atoms with Crippen molar-refractivity contribution in [3.8, 4) is 0 Å². The summed E-state index contributed by atoms with van der Waals surface area (Å²) in [6.07, 6.45) is 5.05. The number of nitrogens with zero attached hydrogens (tertiary/aromatic N) is 4. The molecule has 7 heteroatoms. The molecule has 3 rings (SSSR count). The maximum Gasteiger partial charge on any atom is 0.275 e. The third kappa shape index (κ3) is 1.94. The number of aromatic nitrogens is 3. The number of hydrogen-bond acceptors (Lipinski definition) is 4. The Bertz CT molecular complexity index is 585. The highest BCUT2D eigenvalue weighted by atomic mass is 79.9. The van der Waals surface area contributed by atoms with Gasteiger partial charge in [0.1, 0.15) is 6.26 Å². The van der Waals surface area contributed by atoms with Crippen molar-refractivity contribution in [2.24, 2.45) is 0 Å². The van der Waals surface area contributed by atoms with E-state index in [1.54, 1.807) is 18.0 Å². The highest BCUT2D eigenvalue weighted by molar-refractivity contribution is 9.10. The molecule has 0 aliphatic carbocycles. The maximum absolute atomic E-state index is 12.0. The summed E-state index contributed by atoms with van der Waals surface area (Å²) in [5.41, 5.74) is 0.368. The second-order valence-electron chi connectivity index (χ2n) is 4.25. The number of carbonyl (C=O) groups excluding carboxylic acids is 1. The first kappa shape index (κ1) is 11.5. The lowest BCUT2D eigenvalue weighted by Crippen LogP contribution is -2.50. The summed E-state index contributed by atoms with van der Waals surface area (Å²) in [6.45, 7) is 3.02. The molecule has 0 saturated carbocycles. The van der Waals surface area contributed by atoms with E-state index < -0.39 is 0 Å². The van der Waals surface area contributed by atoms with E-state index in [0.29, 0.717) is 24.7 Å². The van der Waals surface area contributed by atoms with E-state index >= 15 is 0 Å². The molecule has 0 radical (unpaired) electrons. The lowest BCUT2D eigenvalue weighted by Gasteiger charge is -2.38. The van der Waals surface area contributed by atoms with Crippen LogP contribution in [0.1, 0.15) is 22.4 Å². The predicted octanol–water partition coefficient (Wildman–Crippen LogP) is 1.64. The third-order valence-electron chi connectivity index (χ3n) is 2.93. The molecule has 1 fully saturated rings. The van der Waals surface area contributed by atoms with Gasteiger partial charge in [-0.1, -0.05) is 0 Å². The SMILES string of the molecule is Cc1nc(C(=O)N2CC(n3cc(Br)cn3)C2)co1. The summed E-state index contributed by atoms with van der Waals surface area (Å²) in [7, 11) is 0. The van der Waals surface area contributed by atoms with Crippen LogP contribution in [0.2, 0.25) is 0 Å². The van der Waals surface area contributed by atoms with Gasteiger partial charge in [-0.15, -0.1) is 0 Å². The summed E-state index contributed by atoms with van der Waals surface area (Å²) in [6, 6.07) is 0.244. The van der Waals surface area contributed by atoms with E-state index in [2.05, 4.69) is 26.0 Å². The van der Waals surface area contributed by atoms with E-state index in [9.17, 15) is 4.79 Å². The van der Waals surface area contributed by atoms with Gasteiger partial charge in [0.25, 0.3) is 5.91 Å². The average Bonchev–Trinajstić information content (AvgIpc) is 2.85. The van der Waals surface area contributed by atoms with Crippen molar-refractivity contribution in [1.82, 2.24) is 19.7 Å². The third-order valence-corrected chi connectivity index (χ3v) is 3.34. The Hall–Kier alpha value is -1.63. The van der Waals surface area contributed by atoms with Crippen LogP contribution in [0.25, 0.3) is 0 Å². The number of aryl methyl sites for hydroxylation is 1. The number of likely N-dealkylation sites (tertiary alicyclic amines) is 1. The molecule has 1 aliphatic heterocycles. The molecule has 6 nitrogen and oxygen atoms in total. The van der Waals surface area contributed by atoms with Crippen LogP contribution in [0.5, 0.6) is 0 Å². The van der Waals surface area contributed by atoms with Gasteiger partial charge in [-0.2, -0.15) is 5.10 Å². The van der Waals surface area contributed by atoms with Gasteiger partial charge in [-0.3, -0.25) is 9.48 Å². The van der Waals surface area contributed by atoms with Crippen LogP contribution in [0, 0.1) is 6.92 Å². The molecule has 3 heterocycles. The van der Waals surface area contributed by atoms with Crippen molar-refractivity contribution < 1.29 is 9.21 Å². The summed E-state index contributed by atoms with van der Waals surface area (Å²) in [4.78, 5) is 17.7. The lowest BCUT2D eigenvalue weighted by atomic mass is 10.1. The Kier molecular flexibility index (Phi) is 2.70. The van der Waals surface area contributed by atoms with E-state index in [1.807, 2.05) is 10.9 Å². The monoisotopic (exact) mass is 310 g/mol. The van der Waals surface area contributed by atoms with Gasteiger partial charge in [-0.05, 0) is 15.9 Å². The Morgan fingerprint density at radius 2 is 2.33 bits per heavy atom. The average molecular weight is 311 g/mol. The van der Waals surface area contributed by atoms with Crippen LogP contribution in [0.4, 0.5) is 0 Å². The van der Waals surface area contributed by atoms with Gasteiger partial charge < -0.3 is 9.32 Å². The number of hydrogen-bond donors (Lipinski definition) is 0. The molecule has 94 valence electrons. The predicted molar refractivity (Wildman–Crippen MR) is 66.1 cm³/mol. The first-order valence-corrected chi connectivity index (χ1v) is 6.34. The van der Waals surface area contributed by atoms with Crippen molar-refractivity contribution >= 4 is 21.8 Å². The molecule has 0 N–H and O–H groups in total. The second-order valence-corrected chi connectivity index (χ2v) is 5.17. The zero-order valence-corrected chi connectivity index (χ0v) is 11.3. The molecule has 0 unspecified atom stereocenters. The van der Waals surface area contributed by atoms with Crippen LogP contribution >= 0.6 is 15.9 Å². The van der Waals surface area contributed by atoms with Crippen LogP contribution in [-0.4, -0.2) is 38.7 Å². The number of halogens is 1. The van der Waals surface area contributed by atoms with Crippen molar-refractivity contribution in [2.45, 2.75) is 13.0 Å². The minimum absolute atomic E-state index is 0.0886. The standard InChI is InChI=1S/C11H11BrN4O2/c1-7-14-10(6-18-7)11(17)15-4-9(5-15)16-3-8(12)2-13-16/h2-3,6,9H,4-5H2,1H3. The van der Waals surface area contributed by atoms with Gasteiger partial charge in [0.05, 0.1) is 16.7 Å². The topological polar surface area (TPSA) is 64.2 Å². The smallest absolute Gasteiger partial charge is 0.275 e. The molecular formula is C11H11BrN4O2. The zero-order valence-electron chi connectivity index (χ0n) is 9.71. The van der Waals surface area contributed by atoms with Gasteiger partial charge in [0, 0.05) is 26.2 Å². The number of carbonyl (C=O) groups is 1. The fourth-order valence-electron chi connectivity index (χ4n) is 1.93. The fourth-order valence-corrected chi connectivity index (χ4v) is 2.23. The van der Waals surface area contributed by atoms with Gasteiger partial charge in [-0.25, -0.2) is 4.98 Å².